The van der Waals surface area contributed by atoms with Crippen LogP contribution in [0.25, 0.3) is 0 Å². The van der Waals surface area contributed by atoms with Gasteiger partial charge in [-0.1, -0.05) is 13.8 Å². The summed E-state index contributed by atoms with van der Waals surface area (Å²) in [5.74, 6) is -1.60. The molecule has 1 aromatic carbocycles. The van der Waals surface area contributed by atoms with E-state index >= 15 is 0 Å². The van der Waals surface area contributed by atoms with Gasteiger partial charge in [0, 0.05) is 32.7 Å². The number of alkyl halides is 3. The molecular weight excluding hydrogens is 440 g/mol. The van der Waals surface area contributed by atoms with Crippen LogP contribution in [0.5, 0.6) is 0 Å². The van der Waals surface area contributed by atoms with Crippen LogP contribution < -0.4 is 10.2 Å². The zero-order valence-corrected chi connectivity index (χ0v) is 18.5. The Balaban J connectivity index is 1.60. The molecule has 33 heavy (non-hydrogen) atoms. The second-order valence-corrected chi connectivity index (χ2v) is 8.31. The number of rotatable bonds is 6. The minimum Gasteiger partial charge on any atom is -0.367 e. The number of benzene rings is 1. The second-order valence-electron chi connectivity index (χ2n) is 8.31. The van der Waals surface area contributed by atoms with Crippen molar-refractivity contribution in [3.8, 4) is 0 Å². The Kier molecular flexibility index (Phi) is 7.55. The highest BCUT2D eigenvalue weighted by Gasteiger charge is 2.37. The SMILES string of the molecule is CC(C)CCNC(=O)c1ccc(N2CCN(C(=O)c3ccc(F)cc3C(F)(F)F)CC2)cn1. The van der Waals surface area contributed by atoms with Gasteiger partial charge in [0.1, 0.15) is 11.5 Å². The smallest absolute Gasteiger partial charge is 0.367 e. The number of carbonyl (C=O) groups is 2. The van der Waals surface area contributed by atoms with Crippen molar-refractivity contribution >= 4 is 17.5 Å². The van der Waals surface area contributed by atoms with Gasteiger partial charge in [-0.2, -0.15) is 13.2 Å². The number of hydrogen-bond acceptors (Lipinski definition) is 4. The standard InChI is InChI=1S/C23H26F4N4O2/c1-15(2)7-8-28-21(32)20-6-4-17(14-29-20)30-9-11-31(12-10-30)22(33)18-5-3-16(24)13-19(18)23(25,26)27/h3-6,13-15H,7-12H2,1-2H3,(H,28,32). The number of aromatic nitrogens is 1. The maximum atomic E-state index is 13.3. The molecule has 1 aromatic heterocycles. The van der Waals surface area contributed by atoms with E-state index < -0.39 is 29.0 Å². The third-order valence-corrected chi connectivity index (χ3v) is 5.44. The third kappa shape index (κ3) is 6.21. The Morgan fingerprint density at radius 3 is 2.36 bits per heavy atom. The maximum absolute atomic E-state index is 13.3. The molecule has 2 aromatic rings. The van der Waals surface area contributed by atoms with Gasteiger partial charge in [0.05, 0.1) is 23.0 Å². The largest absolute Gasteiger partial charge is 0.417 e. The summed E-state index contributed by atoms with van der Waals surface area (Å²) in [6.45, 7) is 5.88. The van der Waals surface area contributed by atoms with Crippen molar-refractivity contribution in [1.82, 2.24) is 15.2 Å². The Bertz CT molecular complexity index is 985. The Morgan fingerprint density at radius 2 is 1.79 bits per heavy atom. The van der Waals surface area contributed by atoms with Crippen molar-refractivity contribution < 1.29 is 27.2 Å². The molecule has 1 aliphatic heterocycles. The number of piperazine rings is 1. The van der Waals surface area contributed by atoms with E-state index in [1.54, 1.807) is 18.3 Å². The topological polar surface area (TPSA) is 65.5 Å². The van der Waals surface area contributed by atoms with Crippen molar-refractivity contribution in [2.45, 2.75) is 26.4 Å². The monoisotopic (exact) mass is 466 g/mol. The van der Waals surface area contributed by atoms with Crippen molar-refractivity contribution in [1.29, 1.82) is 0 Å². The van der Waals surface area contributed by atoms with Crippen LogP contribution in [0.3, 0.4) is 0 Å². The van der Waals surface area contributed by atoms with E-state index in [0.717, 1.165) is 24.2 Å². The summed E-state index contributed by atoms with van der Waals surface area (Å²) < 4.78 is 53.1. The number of halogens is 4. The molecule has 10 heteroatoms. The summed E-state index contributed by atoms with van der Waals surface area (Å²) >= 11 is 0. The molecule has 1 N–H and O–H groups in total. The lowest BCUT2D eigenvalue weighted by atomic mass is 10.0. The third-order valence-electron chi connectivity index (χ3n) is 5.44. The summed E-state index contributed by atoms with van der Waals surface area (Å²) in [5, 5.41) is 2.82. The van der Waals surface area contributed by atoms with E-state index in [4.69, 9.17) is 0 Å². The predicted octanol–water partition coefficient (Wildman–Crippen LogP) is 3.98. The van der Waals surface area contributed by atoms with Gasteiger partial charge in [-0.05, 0) is 42.7 Å². The molecule has 2 amide bonds. The predicted molar refractivity (Wildman–Crippen MR) is 116 cm³/mol. The van der Waals surface area contributed by atoms with E-state index in [9.17, 15) is 27.2 Å². The summed E-state index contributed by atoms with van der Waals surface area (Å²) in [5.41, 5.74) is -0.792. The van der Waals surface area contributed by atoms with Gasteiger partial charge >= 0.3 is 6.18 Å². The fourth-order valence-electron chi connectivity index (χ4n) is 3.55. The van der Waals surface area contributed by atoms with Gasteiger partial charge in [0.2, 0.25) is 0 Å². The Morgan fingerprint density at radius 1 is 1.09 bits per heavy atom. The van der Waals surface area contributed by atoms with E-state index in [-0.39, 0.29) is 19.0 Å². The van der Waals surface area contributed by atoms with E-state index in [2.05, 4.69) is 24.1 Å². The molecule has 0 radical (unpaired) electrons. The molecule has 0 spiro atoms. The molecule has 0 bridgehead atoms. The molecular formula is C23H26F4N4O2. The van der Waals surface area contributed by atoms with Crippen molar-refractivity contribution in [2.24, 2.45) is 5.92 Å². The van der Waals surface area contributed by atoms with E-state index in [1.165, 1.54) is 4.90 Å². The van der Waals surface area contributed by atoms with Crippen molar-refractivity contribution in [3.63, 3.8) is 0 Å². The van der Waals surface area contributed by atoms with Crippen LogP contribution >= 0.6 is 0 Å². The van der Waals surface area contributed by atoms with Crippen LogP contribution in [0, 0.1) is 11.7 Å². The van der Waals surface area contributed by atoms with E-state index in [0.29, 0.717) is 37.3 Å². The quantitative estimate of drug-likeness (QED) is 0.655. The molecule has 0 saturated carbocycles. The van der Waals surface area contributed by atoms with Crippen LogP contribution in [0.15, 0.2) is 36.5 Å². The average Bonchev–Trinajstić information content (AvgIpc) is 2.78. The first-order valence-electron chi connectivity index (χ1n) is 10.7. The molecule has 0 unspecified atom stereocenters. The summed E-state index contributed by atoms with van der Waals surface area (Å²) in [4.78, 5) is 32.3. The minimum absolute atomic E-state index is 0.199. The highest BCUT2D eigenvalue weighted by atomic mass is 19.4. The van der Waals surface area contributed by atoms with Crippen LogP contribution in [0.1, 0.15) is 46.7 Å². The molecule has 2 heterocycles. The molecule has 6 nitrogen and oxygen atoms in total. The molecule has 1 saturated heterocycles. The number of hydrogen-bond donors (Lipinski definition) is 1. The highest BCUT2D eigenvalue weighted by molar-refractivity contribution is 5.96. The first kappa shape index (κ1) is 24.5. The molecule has 1 aliphatic rings. The molecule has 3 rings (SSSR count). The summed E-state index contributed by atoms with van der Waals surface area (Å²) in [7, 11) is 0. The minimum atomic E-state index is -4.83. The van der Waals surface area contributed by atoms with Crippen molar-refractivity contribution in [2.75, 3.05) is 37.6 Å². The Labute approximate surface area is 189 Å². The van der Waals surface area contributed by atoms with Crippen LogP contribution in [-0.4, -0.2) is 54.4 Å². The highest BCUT2D eigenvalue weighted by Crippen LogP contribution is 2.33. The molecule has 178 valence electrons. The zero-order chi connectivity index (χ0) is 24.2. The number of nitrogens with zero attached hydrogens (tertiary/aromatic N) is 3. The van der Waals surface area contributed by atoms with Gasteiger partial charge < -0.3 is 15.1 Å². The Hall–Kier alpha value is -3.17. The molecule has 1 fully saturated rings. The molecule has 0 atom stereocenters. The second kappa shape index (κ2) is 10.2. The first-order chi connectivity index (χ1) is 15.6. The van der Waals surface area contributed by atoms with E-state index in [1.807, 2.05) is 4.90 Å². The lowest BCUT2D eigenvalue weighted by Gasteiger charge is -2.36. The van der Waals surface area contributed by atoms with Crippen LogP contribution in [-0.2, 0) is 6.18 Å². The van der Waals surface area contributed by atoms with Crippen LogP contribution in [0.2, 0.25) is 0 Å². The fraction of sp³-hybridized carbons (Fsp3) is 0.435. The lowest BCUT2D eigenvalue weighted by molar-refractivity contribution is -0.138. The van der Waals surface area contributed by atoms with Gasteiger partial charge in [-0.3, -0.25) is 9.59 Å². The number of pyridine rings is 1. The first-order valence-corrected chi connectivity index (χ1v) is 10.7. The van der Waals surface area contributed by atoms with Gasteiger partial charge in [-0.25, -0.2) is 9.37 Å². The maximum Gasteiger partial charge on any atom is 0.417 e. The molecule has 0 aliphatic carbocycles. The number of amides is 2. The summed E-state index contributed by atoms with van der Waals surface area (Å²) in [6, 6.07) is 5.44. The van der Waals surface area contributed by atoms with Gasteiger partial charge in [-0.15, -0.1) is 0 Å². The van der Waals surface area contributed by atoms with Crippen LogP contribution in [0.4, 0.5) is 23.2 Å². The number of anilines is 1. The zero-order valence-electron chi connectivity index (χ0n) is 18.5. The van der Waals surface area contributed by atoms with Gasteiger partial charge in [0.15, 0.2) is 0 Å². The van der Waals surface area contributed by atoms with Crippen molar-refractivity contribution in [3.05, 3.63) is 59.2 Å². The number of carbonyl (C=O) groups excluding carboxylic acids is 2. The summed E-state index contributed by atoms with van der Waals surface area (Å²) in [6.07, 6.45) is -2.39. The normalized spacial score (nSPS) is 14.5. The average molecular weight is 466 g/mol. The van der Waals surface area contributed by atoms with Gasteiger partial charge in [0.25, 0.3) is 11.8 Å². The lowest BCUT2D eigenvalue weighted by Crippen LogP contribution is -2.49. The number of nitrogens with one attached hydrogen (secondary N) is 1. The fourth-order valence-corrected chi connectivity index (χ4v) is 3.55.